The first kappa shape index (κ1) is 13.1. The number of nitrogens with two attached hydrogens (primary N) is 1. The summed E-state index contributed by atoms with van der Waals surface area (Å²) in [7, 11) is 0. The van der Waals surface area contributed by atoms with Gasteiger partial charge in [0.2, 0.25) is 0 Å². The van der Waals surface area contributed by atoms with Crippen LogP contribution in [0.1, 0.15) is 30.0 Å². The first-order valence-corrected chi connectivity index (χ1v) is 5.26. The Kier molecular flexibility index (Phi) is 4.37. The molecule has 0 aliphatic rings. The van der Waals surface area contributed by atoms with Crippen molar-refractivity contribution in [2.45, 2.75) is 18.9 Å². The third-order valence-corrected chi connectivity index (χ3v) is 2.57. The zero-order valence-corrected chi connectivity index (χ0v) is 9.75. The summed E-state index contributed by atoms with van der Waals surface area (Å²) in [4.78, 5) is 10.5. The van der Waals surface area contributed by atoms with Gasteiger partial charge >= 0.3 is 5.97 Å². The van der Waals surface area contributed by atoms with Gasteiger partial charge in [-0.05, 0) is 17.7 Å². The third kappa shape index (κ3) is 3.24. The highest BCUT2D eigenvalue weighted by molar-refractivity contribution is 9.10. The van der Waals surface area contributed by atoms with Gasteiger partial charge in [0.15, 0.2) is 0 Å². The molecule has 0 aromatic heterocycles. The van der Waals surface area contributed by atoms with Gasteiger partial charge in [0.05, 0.1) is 6.42 Å². The topological polar surface area (TPSA) is 63.3 Å². The van der Waals surface area contributed by atoms with Gasteiger partial charge in [-0.25, -0.2) is 8.78 Å². The van der Waals surface area contributed by atoms with Gasteiger partial charge in [-0.1, -0.05) is 22.0 Å². The molecule has 1 atom stereocenters. The second kappa shape index (κ2) is 5.36. The number of aliphatic carboxylic acids is 1. The Bertz CT molecular complexity index is 398. The molecule has 16 heavy (non-hydrogen) atoms. The quantitative estimate of drug-likeness (QED) is 0.897. The van der Waals surface area contributed by atoms with Crippen LogP contribution in [0, 0.1) is 0 Å². The summed E-state index contributed by atoms with van der Waals surface area (Å²) in [6, 6.07) is 3.21. The molecule has 0 saturated heterocycles. The van der Waals surface area contributed by atoms with Crippen molar-refractivity contribution in [3.05, 3.63) is 33.8 Å². The molecule has 0 bridgehead atoms. The van der Waals surface area contributed by atoms with Crippen molar-refractivity contribution in [3.8, 4) is 0 Å². The van der Waals surface area contributed by atoms with Crippen LogP contribution in [0.4, 0.5) is 8.78 Å². The zero-order valence-electron chi connectivity index (χ0n) is 8.16. The molecule has 0 aliphatic carbocycles. The summed E-state index contributed by atoms with van der Waals surface area (Å²) in [5.74, 6) is -1.12. The Balaban J connectivity index is 3.08. The van der Waals surface area contributed by atoms with E-state index in [-0.39, 0.29) is 17.5 Å². The van der Waals surface area contributed by atoms with Crippen LogP contribution < -0.4 is 5.73 Å². The number of halogens is 3. The largest absolute Gasteiger partial charge is 0.481 e. The number of carboxylic acids is 1. The summed E-state index contributed by atoms with van der Waals surface area (Å²) in [6.45, 7) is 0. The minimum Gasteiger partial charge on any atom is -0.481 e. The molecule has 0 fully saturated rings. The van der Waals surface area contributed by atoms with Crippen LogP contribution in [0.2, 0.25) is 0 Å². The van der Waals surface area contributed by atoms with Gasteiger partial charge in [0.1, 0.15) is 0 Å². The van der Waals surface area contributed by atoms with Gasteiger partial charge in [-0.3, -0.25) is 4.79 Å². The monoisotopic (exact) mass is 293 g/mol. The number of hydrogen-bond acceptors (Lipinski definition) is 2. The lowest BCUT2D eigenvalue weighted by atomic mass is 9.99. The average molecular weight is 294 g/mol. The van der Waals surface area contributed by atoms with Crippen LogP contribution in [0.25, 0.3) is 0 Å². The molecule has 0 amide bonds. The average Bonchev–Trinajstić information content (AvgIpc) is 2.15. The summed E-state index contributed by atoms with van der Waals surface area (Å²) in [5, 5.41) is 8.56. The van der Waals surface area contributed by atoms with E-state index in [1.807, 2.05) is 0 Å². The molecule has 3 N–H and O–H groups in total. The van der Waals surface area contributed by atoms with Crippen LogP contribution in [0.15, 0.2) is 22.7 Å². The minimum absolute atomic E-state index is 0.159. The molecule has 88 valence electrons. The molecule has 0 saturated carbocycles. The van der Waals surface area contributed by atoms with Crippen LogP contribution in [0.5, 0.6) is 0 Å². The minimum atomic E-state index is -2.66. The fourth-order valence-electron chi connectivity index (χ4n) is 1.36. The van der Waals surface area contributed by atoms with Crippen molar-refractivity contribution in [3.63, 3.8) is 0 Å². The molecular formula is C10H10BrF2NO2. The van der Waals surface area contributed by atoms with Crippen LogP contribution in [-0.2, 0) is 4.79 Å². The lowest BCUT2D eigenvalue weighted by molar-refractivity contribution is -0.137. The molecule has 3 nitrogen and oxygen atoms in total. The van der Waals surface area contributed by atoms with Gasteiger partial charge in [-0.15, -0.1) is 0 Å². The van der Waals surface area contributed by atoms with E-state index in [4.69, 9.17) is 10.8 Å². The number of carbonyl (C=O) groups is 1. The van der Waals surface area contributed by atoms with Crippen LogP contribution in [0.3, 0.4) is 0 Å². The van der Waals surface area contributed by atoms with Gasteiger partial charge in [0.25, 0.3) is 6.43 Å². The molecule has 1 aromatic rings. The van der Waals surface area contributed by atoms with Crippen molar-refractivity contribution < 1.29 is 18.7 Å². The van der Waals surface area contributed by atoms with E-state index >= 15 is 0 Å². The highest BCUT2D eigenvalue weighted by Gasteiger charge is 2.19. The van der Waals surface area contributed by atoms with E-state index in [9.17, 15) is 13.6 Å². The molecule has 1 aromatic carbocycles. The fourth-order valence-corrected chi connectivity index (χ4v) is 1.74. The summed E-state index contributed by atoms with van der Waals surface area (Å²) in [6.07, 6.45) is -3.04. The van der Waals surface area contributed by atoms with E-state index in [1.54, 1.807) is 0 Å². The zero-order chi connectivity index (χ0) is 12.3. The predicted octanol–water partition coefficient (Wildman–Crippen LogP) is 2.86. The second-order valence-corrected chi connectivity index (χ2v) is 4.19. The Labute approximate surface area is 99.4 Å². The number of benzene rings is 1. The molecule has 1 rings (SSSR count). The smallest absolute Gasteiger partial charge is 0.305 e. The molecule has 0 heterocycles. The van der Waals surface area contributed by atoms with E-state index in [1.165, 1.54) is 18.2 Å². The van der Waals surface area contributed by atoms with Gasteiger partial charge in [-0.2, -0.15) is 0 Å². The number of carboxylic acid groups (broad SMARTS) is 1. The maximum absolute atomic E-state index is 12.6. The second-order valence-electron chi connectivity index (χ2n) is 3.28. The maximum Gasteiger partial charge on any atom is 0.305 e. The van der Waals surface area contributed by atoms with Crippen molar-refractivity contribution in [1.29, 1.82) is 0 Å². The van der Waals surface area contributed by atoms with Crippen LogP contribution >= 0.6 is 15.9 Å². The molecule has 0 aliphatic heterocycles. The normalized spacial score (nSPS) is 12.8. The van der Waals surface area contributed by atoms with Gasteiger partial charge in [0, 0.05) is 16.1 Å². The SMILES string of the molecule is NC(CC(=O)O)c1cc(Br)ccc1C(F)F. The highest BCUT2D eigenvalue weighted by atomic mass is 79.9. The lowest BCUT2D eigenvalue weighted by Gasteiger charge is -2.14. The van der Waals surface area contributed by atoms with Crippen LogP contribution in [-0.4, -0.2) is 11.1 Å². The maximum atomic E-state index is 12.6. The fraction of sp³-hybridized carbons (Fsp3) is 0.300. The Morgan fingerprint density at radius 1 is 1.44 bits per heavy atom. The van der Waals surface area contributed by atoms with Crippen molar-refractivity contribution in [2.75, 3.05) is 0 Å². The van der Waals surface area contributed by atoms with Crippen molar-refractivity contribution in [2.24, 2.45) is 5.73 Å². The van der Waals surface area contributed by atoms with E-state index < -0.39 is 18.4 Å². The Morgan fingerprint density at radius 3 is 2.56 bits per heavy atom. The third-order valence-electron chi connectivity index (χ3n) is 2.08. The first-order valence-electron chi connectivity index (χ1n) is 4.46. The number of rotatable bonds is 4. The highest BCUT2D eigenvalue weighted by Crippen LogP contribution is 2.30. The Hall–Kier alpha value is -1.01. The number of hydrogen-bond donors (Lipinski definition) is 2. The summed E-state index contributed by atoms with van der Waals surface area (Å²) >= 11 is 3.13. The first-order chi connectivity index (χ1) is 7.41. The summed E-state index contributed by atoms with van der Waals surface area (Å²) in [5.41, 5.74) is 5.50. The van der Waals surface area contributed by atoms with Crippen molar-refractivity contribution in [1.82, 2.24) is 0 Å². The standard InChI is InChI=1S/C10H10BrF2NO2/c11-5-1-2-6(10(12)13)7(3-5)8(14)4-9(15)16/h1-3,8,10H,4,14H2,(H,15,16). The molecule has 0 radical (unpaired) electrons. The predicted molar refractivity (Wildman–Crippen MR) is 58.3 cm³/mol. The van der Waals surface area contributed by atoms with Gasteiger partial charge < -0.3 is 10.8 Å². The summed E-state index contributed by atoms with van der Waals surface area (Å²) < 4.78 is 25.9. The molecular weight excluding hydrogens is 284 g/mol. The molecule has 6 heteroatoms. The molecule has 0 spiro atoms. The van der Waals surface area contributed by atoms with E-state index in [2.05, 4.69) is 15.9 Å². The van der Waals surface area contributed by atoms with E-state index in [0.717, 1.165) is 0 Å². The molecule has 1 unspecified atom stereocenters. The number of alkyl halides is 2. The lowest BCUT2D eigenvalue weighted by Crippen LogP contribution is -2.17. The van der Waals surface area contributed by atoms with Crippen molar-refractivity contribution >= 4 is 21.9 Å². The van der Waals surface area contributed by atoms with E-state index in [0.29, 0.717) is 4.47 Å². The Morgan fingerprint density at radius 2 is 2.06 bits per heavy atom.